The molecule has 3 aromatic carbocycles. The minimum atomic E-state index is -1.24. The zero-order chi connectivity index (χ0) is 22.2. The third-order valence-electron chi connectivity index (χ3n) is 4.64. The molecule has 0 radical (unpaired) electrons. The van der Waals surface area contributed by atoms with E-state index in [-0.39, 0.29) is 6.42 Å². The van der Waals surface area contributed by atoms with Crippen molar-refractivity contribution in [3.05, 3.63) is 101 Å². The second-order valence-electron chi connectivity index (χ2n) is 6.96. The van der Waals surface area contributed by atoms with Crippen molar-refractivity contribution in [2.24, 2.45) is 0 Å². The molecule has 0 aliphatic carbocycles. The molecule has 0 saturated carbocycles. The van der Waals surface area contributed by atoms with Crippen LogP contribution in [0.15, 0.2) is 72.8 Å². The second-order valence-corrected chi connectivity index (χ2v) is 6.96. The topological polar surface area (TPSA) is 75.6 Å². The number of nitrogens with one attached hydrogen (secondary N) is 1. The van der Waals surface area contributed by atoms with Crippen LogP contribution >= 0.6 is 0 Å². The van der Waals surface area contributed by atoms with Crippen molar-refractivity contribution in [3.8, 4) is 5.75 Å². The van der Waals surface area contributed by atoms with Gasteiger partial charge in [-0.2, -0.15) is 0 Å². The molecule has 0 heterocycles. The number of carboxylic acid groups (broad SMARTS) is 1. The summed E-state index contributed by atoms with van der Waals surface area (Å²) >= 11 is 0. The summed E-state index contributed by atoms with van der Waals surface area (Å²) in [6.07, 6.45) is -0.575. The molecular formula is C24H21F2NO4. The molecule has 2 N–H and O–H groups in total. The summed E-state index contributed by atoms with van der Waals surface area (Å²) in [6.45, 7) is 0.403. The molecule has 5 nitrogen and oxygen atoms in total. The number of carbonyl (C=O) groups is 2. The number of ether oxygens (including phenoxy) is 1. The summed E-state index contributed by atoms with van der Waals surface area (Å²) in [6, 6.07) is 18.5. The normalized spacial score (nSPS) is 11.5. The molecule has 0 aliphatic rings. The van der Waals surface area contributed by atoms with E-state index in [1.54, 1.807) is 24.3 Å². The minimum Gasteiger partial charge on any atom is -0.489 e. The molecule has 31 heavy (non-hydrogen) atoms. The van der Waals surface area contributed by atoms with Gasteiger partial charge in [0.25, 0.3) is 0 Å². The molecule has 3 aromatic rings. The Morgan fingerprint density at radius 3 is 2.13 bits per heavy atom. The van der Waals surface area contributed by atoms with Crippen molar-refractivity contribution in [2.75, 3.05) is 0 Å². The van der Waals surface area contributed by atoms with E-state index in [0.29, 0.717) is 17.9 Å². The summed E-state index contributed by atoms with van der Waals surface area (Å²) in [5, 5.41) is 11.8. The number of aliphatic carboxylic acids is 1. The summed E-state index contributed by atoms with van der Waals surface area (Å²) < 4.78 is 33.1. The Labute approximate surface area is 178 Å². The largest absolute Gasteiger partial charge is 0.489 e. The van der Waals surface area contributed by atoms with E-state index in [2.05, 4.69) is 5.32 Å². The lowest BCUT2D eigenvalue weighted by atomic mass is 10.0. The molecular weight excluding hydrogens is 404 g/mol. The number of amides is 1. The maximum atomic E-state index is 13.7. The van der Waals surface area contributed by atoms with Crippen molar-refractivity contribution >= 4 is 11.9 Å². The maximum Gasteiger partial charge on any atom is 0.326 e. The summed E-state index contributed by atoms with van der Waals surface area (Å²) in [7, 11) is 0. The SMILES string of the molecule is O=C(Cc1c(F)cccc1F)N[C@H](Cc1ccc(OCc2ccccc2)cc1)C(=O)O. The zero-order valence-electron chi connectivity index (χ0n) is 16.6. The lowest BCUT2D eigenvalue weighted by Crippen LogP contribution is -2.43. The average Bonchev–Trinajstić information content (AvgIpc) is 2.76. The highest BCUT2D eigenvalue weighted by Gasteiger charge is 2.22. The molecule has 0 bridgehead atoms. The molecule has 0 fully saturated rings. The van der Waals surface area contributed by atoms with Crippen molar-refractivity contribution in [2.45, 2.75) is 25.5 Å². The number of carbonyl (C=O) groups excluding carboxylic acids is 1. The van der Waals surface area contributed by atoms with Crippen LogP contribution < -0.4 is 10.1 Å². The van der Waals surface area contributed by atoms with E-state index < -0.39 is 41.5 Å². The fourth-order valence-corrected chi connectivity index (χ4v) is 3.01. The second kappa shape index (κ2) is 10.3. The Hall–Kier alpha value is -3.74. The van der Waals surface area contributed by atoms with Crippen LogP contribution in [0.25, 0.3) is 0 Å². The van der Waals surface area contributed by atoms with Gasteiger partial charge < -0.3 is 15.2 Å². The third-order valence-corrected chi connectivity index (χ3v) is 4.64. The van der Waals surface area contributed by atoms with E-state index in [0.717, 1.165) is 17.7 Å². The van der Waals surface area contributed by atoms with Gasteiger partial charge in [-0.05, 0) is 35.4 Å². The number of hydrogen-bond acceptors (Lipinski definition) is 3. The standard InChI is InChI=1S/C24H21F2NO4/c25-20-7-4-8-21(26)19(20)14-23(28)27-22(24(29)30)13-16-9-11-18(12-10-16)31-15-17-5-2-1-3-6-17/h1-12,22H,13-15H2,(H,27,28)(H,29,30)/t22-/m1/s1. The molecule has 0 aliphatic heterocycles. The number of halogens is 2. The maximum absolute atomic E-state index is 13.7. The fraction of sp³-hybridized carbons (Fsp3) is 0.167. The van der Waals surface area contributed by atoms with Gasteiger partial charge in [-0.25, -0.2) is 13.6 Å². The van der Waals surface area contributed by atoms with Crippen molar-refractivity contribution in [1.82, 2.24) is 5.32 Å². The van der Waals surface area contributed by atoms with Crippen LogP contribution in [0.5, 0.6) is 5.75 Å². The molecule has 0 saturated heterocycles. The minimum absolute atomic E-state index is 0.0137. The monoisotopic (exact) mass is 425 g/mol. The van der Waals surface area contributed by atoms with Gasteiger partial charge in [-0.3, -0.25) is 4.79 Å². The summed E-state index contributed by atoms with van der Waals surface area (Å²) in [5.41, 5.74) is 1.28. The van der Waals surface area contributed by atoms with E-state index >= 15 is 0 Å². The van der Waals surface area contributed by atoms with E-state index in [9.17, 15) is 23.5 Å². The number of rotatable bonds is 9. The lowest BCUT2D eigenvalue weighted by molar-refractivity contribution is -0.141. The molecule has 7 heteroatoms. The van der Waals surface area contributed by atoms with E-state index in [1.165, 1.54) is 6.07 Å². The predicted molar refractivity (Wildman–Crippen MR) is 111 cm³/mol. The van der Waals surface area contributed by atoms with Crippen LogP contribution in [0, 0.1) is 11.6 Å². The van der Waals surface area contributed by atoms with Gasteiger partial charge in [0, 0.05) is 12.0 Å². The zero-order valence-corrected chi connectivity index (χ0v) is 16.6. The predicted octanol–water partition coefficient (Wildman–Crippen LogP) is 3.90. The summed E-state index contributed by atoms with van der Waals surface area (Å²) in [4.78, 5) is 23.7. The van der Waals surface area contributed by atoms with Crippen LogP contribution in [0.4, 0.5) is 8.78 Å². The average molecular weight is 425 g/mol. The van der Waals surface area contributed by atoms with Crippen molar-refractivity contribution in [1.29, 1.82) is 0 Å². The molecule has 160 valence electrons. The Bertz CT molecular complexity index is 1020. The number of hydrogen-bond donors (Lipinski definition) is 2. The van der Waals surface area contributed by atoms with E-state index in [1.807, 2.05) is 30.3 Å². The Morgan fingerprint density at radius 1 is 0.871 bits per heavy atom. The van der Waals surface area contributed by atoms with Gasteiger partial charge in [0.1, 0.15) is 30.0 Å². The van der Waals surface area contributed by atoms with Gasteiger partial charge >= 0.3 is 5.97 Å². The van der Waals surface area contributed by atoms with Crippen LogP contribution in [-0.4, -0.2) is 23.0 Å². The first-order chi connectivity index (χ1) is 14.9. The quantitative estimate of drug-likeness (QED) is 0.545. The van der Waals surface area contributed by atoms with Gasteiger partial charge in [-0.1, -0.05) is 48.5 Å². The molecule has 0 spiro atoms. The van der Waals surface area contributed by atoms with Gasteiger partial charge in [0.15, 0.2) is 0 Å². The third kappa shape index (κ3) is 6.37. The Kier molecular flexibility index (Phi) is 7.32. The highest BCUT2D eigenvalue weighted by atomic mass is 19.1. The Morgan fingerprint density at radius 2 is 1.52 bits per heavy atom. The number of benzene rings is 3. The van der Waals surface area contributed by atoms with Crippen LogP contribution in [0.1, 0.15) is 16.7 Å². The Balaban J connectivity index is 1.58. The molecule has 1 atom stereocenters. The van der Waals surface area contributed by atoms with Gasteiger partial charge in [0.05, 0.1) is 6.42 Å². The molecule has 0 unspecified atom stereocenters. The smallest absolute Gasteiger partial charge is 0.326 e. The molecule has 0 aromatic heterocycles. The highest BCUT2D eigenvalue weighted by Crippen LogP contribution is 2.16. The van der Waals surface area contributed by atoms with Crippen molar-refractivity contribution < 1.29 is 28.2 Å². The van der Waals surface area contributed by atoms with Gasteiger partial charge in [0.2, 0.25) is 5.91 Å². The van der Waals surface area contributed by atoms with Crippen LogP contribution in [-0.2, 0) is 29.0 Å². The first-order valence-electron chi connectivity index (χ1n) is 9.63. The van der Waals surface area contributed by atoms with Gasteiger partial charge in [-0.15, -0.1) is 0 Å². The lowest BCUT2D eigenvalue weighted by Gasteiger charge is -2.15. The number of carboxylic acids is 1. The first kappa shape index (κ1) is 22.0. The van der Waals surface area contributed by atoms with Crippen LogP contribution in [0.2, 0.25) is 0 Å². The highest BCUT2D eigenvalue weighted by molar-refractivity contribution is 5.85. The molecule has 1 amide bonds. The fourth-order valence-electron chi connectivity index (χ4n) is 3.01. The van der Waals surface area contributed by atoms with Crippen molar-refractivity contribution in [3.63, 3.8) is 0 Å². The van der Waals surface area contributed by atoms with Crippen LogP contribution in [0.3, 0.4) is 0 Å². The molecule has 3 rings (SSSR count). The summed E-state index contributed by atoms with van der Waals surface area (Å²) in [5.74, 6) is -3.11. The first-order valence-corrected chi connectivity index (χ1v) is 9.63. The van der Waals surface area contributed by atoms with E-state index in [4.69, 9.17) is 4.74 Å².